The largest absolute Gasteiger partial charge is 0 e. The van der Waals surface area contributed by atoms with Crippen LogP contribution in [-0.2, 0) is 19.5 Å². The second kappa shape index (κ2) is 9.22. The van der Waals surface area contributed by atoms with Crippen molar-refractivity contribution < 1.29 is 24.6 Å². The monoisotopic (exact) mass is 336 g/mol. The van der Waals surface area contributed by atoms with Gasteiger partial charge >= 0.3 is 27.3 Å². The third-order valence-electron chi connectivity index (χ3n) is 0. The van der Waals surface area contributed by atoms with Crippen molar-refractivity contribution in [3.05, 3.63) is 15.3 Å². The van der Waals surface area contributed by atoms with Crippen LogP contribution in [0.25, 0.3) is 0 Å². The Labute approximate surface area is 66.9 Å². The fourth-order valence-corrected chi connectivity index (χ4v) is 0. The summed E-state index contributed by atoms with van der Waals surface area (Å²) in [5, 5.41) is 14.8. The van der Waals surface area contributed by atoms with Gasteiger partial charge in [-0.05, 0) is 0 Å². The van der Waals surface area contributed by atoms with Crippen LogP contribution in [0.5, 0.6) is 0 Å². The van der Waals surface area contributed by atoms with Crippen molar-refractivity contribution in [1.82, 2.24) is 0 Å². The van der Waals surface area contributed by atoms with Crippen LogP contribution in [0.1, 0.15) is 0 Å². The minimum Gasteiger partial charge on any atom is 0 e. The quantitative estimate of drug-likeness (QED) is 0.318. The van der Waals surface area contributed by atoms with Gasteiger partial charge in [-0.15, -0.1) is 0 Å². The molecular weight excluding hydrogens is 335 g/mol. The van der Waals surface area contributed by atoms with Crippen molar-refractivity contribution in [2.45, 2.75) is 0 Å². The van der Waals surface area contributed by atoms with E-state index >= 15 is 0 Å². The molecule has 0 aromatic heterocycles. The van der Waals surface area contributed by atoms with E-state index in [1.165, 1.54) is 0 Å². The second-order valence-corrected chi connectivity index (χ2v) is 0.224. The zero-order valence-corrected chi connectivity index (χ0v) is 11.6. The molecule has 0 rings (SSSR count). The molecule has 0 N–H and O–H groups in total. The van der Waals surface area contributed by atoms with E-state index in [-0.39, 0.29) is 46.8 Å². The first-order valence-corrected chi connectivity index (χ1v) is 0.548. The summed E-state index contributed by atoms with van der Waals surface area (Å²) in [5.41, 5.74) is 0. The minimum absolute atomic E-state index is 0. The SMILES string of the molecule is O=[N+]([O-])[O-].[PbH2].[Zn]. The van der Waals surface area contributed by atoms with Crippen LogP contribution in [0.2, 0.25) is 0 Å². The summed E-state index contributed by atoms with van der Waals surface area (Å²) in [6, 6.07) is 0. The van der Waals surface area contributed by atoms with Crippen molar-refractivity contribution in [2.24, 2.45) is 0 Å². The van der Waals surface area contributed by atoms with E-state index in [2.05, 4.69) is 0 Å². The molecule has 0 amide bonds. The Balaban J connectivity index is -0.0000000450. The van der Waals surface area contributed by atoms with Gasteiger partial charge in [-0.25, -0.2) is 0 Å². The molecule has 0 saturated heterocycles. The van der Waals surface area contributed by atoms with Crippen LogP contribution in [0.4, 0.5) is 0 Å². The van der Waals surface area contributed by atoms with Gasteiger partial charge in [0.25, 0.3) is 0 Å². The predicted molar refractivity (Wildman–Crippen MR) is 18.9 cm³/mol. The molecule has 0 fully saturated rings. The van der Waals surface area contributed by atoms with Gasteiger partial charge in [0.1, 0.15) is 0 Å². The van der Waals surface area contributed by atoms with E-state index in [0.717, 1.165) is 0 Å². The van der Waals surface area contributed by atoms with Crippen molar-refractivity contribution in [1.29, 1.82) is 0 Å². The molecule has 0 bridgehead atoms. The average molecular weight is 337 g/mol. The van der Waals surface area contributed by atoms with Gasteiger partial charge in [-0.1, -0.05) is 0 Å². The first-order chi connectivity index (χ1) is 1.73. The Hall–Kier alpha value is 0.745. The van der Waals surface area contributed by atoms with Crippen LogP contribution >= 0.6 is 0 Å². The molecule has 0 aliphatic rings. The minimum atomic E-state index is -1.75. The van der Waals surface area contributed by atoms with E-state index < -0.39 is 5.09 Å². The molecule has 4 nitrogen and oxygen atoms in total. The molecule has 0 spiro atoms. The summed E-state index contributed by atoms with van der Waals surface area (Å²) in [5.74, 6) is 0. The van der Waals surface area contributed by atoms with E-state index in [9.17, 15) is 0 Å². The smallest absolute Gasteiger partial charge is 0 e. The van der Waals surface area contributed by atoms with Crippen LogP contribution in [0.3, 0.4) is 0 Å². The van der Waals surface area contributed by atoms with Crippen molar-refractivity contribution in [3.8, 4) is 0 Å². The molecular formula is H2NO3PbZn-. The summed E-state index contributed by atoms with van der Waals surface area (Å²) in [4.78, 5) is 8.25. The number of rotatable bonds is 0. The first-order valence-electron chi connectivity index (χ1n) is 0.548. The molecule has 0 aromatic carbocycles. The zero-order chi connectivity index (χ0) is 3.58. The van der Waals surface area contributed by atoms with Gasteiger partial charge in [0.05, 0.1) is 5.09 Å². The summed E-state index contributed by atoms with van der Waals surface area (Å²) >= 11 is 0. The molecule has 0 aliphatic carbocycles. The molecule has 0 aliphatic heterocycles. The van der Waals surface area contributed by atoms with Crippen LogP contribution in [0.15, 0.2) is 0 Å². The van der Waals surface area contributed by atoms with Gasteiger partial charge in [-0.3, -0.25) is 0 Å². The Kier molecular flexibility index (Phi) is 24.4. The summed E-state index contributed by atoms with van der Waals surface area (Å²) < 4.78 is 0. The number of hydrogen-bond acceptors (Lipinski definition) is 3. The Morgan fingerprint density at radius 1 is 1.33 bits per heavy atom. The molecule has 6 heteroatoms. The van der Waals surface area contributed by atoms with Gasteiger partial charge in [0.15, 0.2) is 0 Å². The zero-order valence-electron chi connectivity index (χ0n) is 3.09. The topological polar surface area (TPSA) is 66.2 Å². The van der Waals surface area contributed by atoms with Crippen LogP contribution < -0.4 is 0 Å². The van der Waals surface area contributed by atoms with E-state index in [4.69, 9.17) is 15.3 Å². The summed E-state index contributed by atoms with van der Waals surface area (Å²) in [7, 11) is 0. The fraction of sp³-hybridized carbons (Fsp3) is 0. The molecule has 6 heavy (non-hydrogen) atoms. The van der Waals surface area contributed by atoms with Crippen LogP contribution in [0, 0.1) is 15.3 Å². The normalized spacial score (nSPS) is 4.00. The van der Waals surface area contributed by atoms with Gasteiger partial charge in [-0.2, -0.15) is 0 Å². The molecule has 0 unspecified atom stereocenters. The molecule has 32 valence electrons. The van der Waals surface area contributed by atoms with E-state index in [0.29, 0.717) is 0 Å². The molecule has 0 atom stereocenters. The third-order valence-corrected chi connectivity index (χ3v) is 0. The maximum Gasteiger partial charge on any atom is 0 e. The molecule has 2 radical (unpaired) electrons. The Morgan fingerprint density at radius 2 is 1.33 bits per heavy atom. The first kappa shape index (κ1) is 15.9. The molecule has 0 aromatic rings. The number of nitrogens with zero attached hydrogens (tertiary/aromatic N) is 1. The standard InChI is InChI=1S/NO3.Pb.Zn.2H/c2-1(3)4;;;;/q-1;;;;. The van der Waals surface area contributed by atoms with Gasteiger partial charge in [0.2, 0.25) is 0 Å². The Morgan fingerprint density at radius 3 is 1.33 bits per heavy atom. The van der Waals surface area contributed by atoms with Crippen molar-refractivity contribution in [3.63, 3.8) is 0 Å². The average Bonchev–Trinajstić information content (AvgIpc) is 0.811. The van der Waals surface area contributed by atoms with Gasteiger partial charge < -0.3 is 15.3 Å². The molecule has 0 heterocycles. The summed E-state index contributed by atoms with van der Waals surface area (Å²) in [6.07, 6.45) is 0. The predicted octanol–water partition coefficient (Wildman–Crippen LogP) is -1.16. The maximum atomic E-state index is 8.25. The second-order valence-electron chi connectivity index (χ2n) is 0.224. The van der Waals surface area contributed by atoms with E-state index in [1.807, 2.05) is 0 Å². The number of hydrogen-bond donors (Lipinski definition) is 0. The third kappa shape index (κ3) is 120. The maximum absolute atomic E-state index is 8.25. The fourth-order valence-electron chi connectivity index (χ4n) is 0. The Bertz CT molecular complexity index is 33.8. The summed E-state index contributed by atoms with van der Waals surface area (Å²) in [6.45, 7) is 0. The van der Waals surface area contributed by atoms with Crippen molar-refractivity contribution >= 4 is 27.3 Å². The van der Waals surface area contributed by atoms with Crippen LogP contribution in [-0.4, -0.2) is 32.4 Å². The molecule has 0 saturated carbocycles. The van der Waals surface area contributed by atoms with Gasteiger partial charge in [0, 0.05) is 19.5 Å². The van der Waals surface area contributed by atoms with E-state index in [1.54, 1.807) is 0 Å². The van der Waals surface area contributed by atoms with Crippen molar-refractivity contribution in [2.75, 3.05) is 0 Å².